The normalized spacial score (nSPS) is 16.3. The molecule has 1 aliphatic carbocycles. The number of carbonyl (C=O) groups excluding carboxylic acids is 1. The number of esters is 1. The van der Waals surface area contributed by atoms with E-state index in [1.165, 1.54) is 7.11 Å². The van der Waals surface area contributed by atoms with Gasteiger partial charge in [-0.3, -0.25) is 4.79 Å². The van der Waals surface area contributed by atoms with E-state index in [0.29, 0.717) is 17.3 Å². The van der Waals surface area contributed by atoms with E-state index in [0.717, 1.165) is 23.6 Å². The first-order chi connectivity index (χ1) is 8.53. The van der Waals surface area contributed by atoms with Gasteiger partial charge in [-0.05, 0) is 30.4 Å². The van der Waals surface area contributed by atoms with Crippen LogP contribution >= 0.6 is 23.4 Å². The number of carbonyl (C=O) groups is 1. The van der Waals surface area contributed by atoms with Crippen LogP contribution in [0.4, 0.5) is 5.69 Å². The van der Waals surface area contributed by atoms with Crippen LogP contribution in [0.2, 0.25) is 5.15 Å². The van der Waals surface area contributed by atoms with Gasteiger partial charge in [-0.2, -0.15) is 0 Å². The van der Waals surface area contributed by atoms with Crippen molar-refractivity contribution in [2.24, 2.45) is 5.41 Å². The summed E-state index contributed by atoms with van der Waals surface area (Å²) in [5, 5.41) is 1.20. The Labute approximate surface area is 115 Å². The molecule has 0 amide bonds. The third-order valence-corrected chi connectivity index (χ3v) is 4.48. The molecule has 6 heteroatoms. The van der Waals surface area contributed by atoms with Crippen molar-refractivity contribution in [3.63, 3.8) is 0 Å². The van der Waals surface area contributed by atoms with Crippen LogP contribution in [0.3, 0.4) is 0 Å². The van der Waals surface area contributed by atoms with Crippen LogP contribution in [0.25, 0.3) is 0 Å². The Hall–Kier alpha value is -0.940. The lowest BCUT2D eigenvalue weighted by Crippen LogP contribution is -2.13. The van der Waals surface area contributed by atoms with Gasteiger partial charge in [0, 0.05) is 11.4 Å². The summed E-state index contributed by atoms with van der Waals surface area (Å²) in [7, 11) is 1.42. The third-order valence-electron chi connectivity index (χ3n) is 3.02. The highest BCUT2D eigenvalue weighted by Gasteiger charge is 2.44. The average molecular weight is 287 g/mol. The minimum atomic E-state index is -0.147. The molecule has 0 bridgehead atoms. The number of halogens is 1. The number of anilines is 1. The first-order valence-electron chi connectivity index (χ1n) is 5.66. The molecule has 0 aromatic carbocycles. The molecule has 0 unspecified atom stereocenters. The number of ether oxygens (including phenoxy) is 1. The van der Waals surface area contributed by atoms with Gasteiger partial charge in [0.25, 0.3) is 0 Å². The Bertz CT molecular complexity index is 443. The first kappa shape index (κ1) is 13.5. The van der Waals surface area contributed by atoms with E-state index in [2.05, 4.69) is 4.98 Å². The van der Waals surface area contributed by atoms with Crippen molar-refractivity contribution < 1.29 is 9.53 Å². The fourth-order valence-corrected chi connectivity index (χ4v) is 3.21. The Balaban J connectivity index is 1.93. The summed E-state index contributed by atoms with van der Waals surface area (Å²) in [6.45, 7) is 0. The first-order valence-corrected chi connectivity index (χ1v) is 7.02. The smallest absolute Gasteiger partial charge is 0.306 e. The summed E-state index contributed by atoms with van der Waals surface area (Å²) < 4.78 is 4.71. The number of pyridine rings is 1. The number of nitrogen functional groups attached to an aromatic ring is 1. The van der Waals surface area contributed by atoms with Crippen LogP contribution in [-0.4, -0.2) is 23.8 Å². The van der Waals surface area contributed by atoms with E-state index in [-0.39, 0.29) is 11.4 Å². The monoisotopic (exact) mass is 286 g/mol. The van der Waals surface area contributed by atoms with Crippen molar-refractivity contribution in [3.05, 3.63) is 17.3 Å². The zero-order valence-corrected chi connectivity index (χ0v) is 11.7. The van der Waals surface area contributed by atoms with Crippen molar-refractivity contribution in [1.82, 2.24) is 4.98 Å². The van der Waals surface area contributed by atoms with E-state index in [9.17, 15) is 4.79 Å². The van der Waals surface area contributed by atoms with E-state index in [1.54, 1.807) is 23.9 Å². The minimum absolute atomic E-state index is 0.0799. The Morgan fingerprint density at radius 2 is 2.33 bits per heavy atom. The molecule has 1 aromatic rings. The highest BCUT2D eigenvalue weighted by Crippen LogP contribution is 2.52. The summed E-state index contributed by atoms with van der Waals surface area (Å²) in [6.07, 6.45) is 2.60. The summed E-state index contributed by atoms with van der Waals surface area (Å²) in [6, 6.07) is 3.41. The molecule has 1 aromatic heterocycles. The highest BCUT2D eigenvalue weighted by molar-refractivity contribution is 7.99. The quantitative estimate of drug-likeness (QED) is 0.512. The molecule has 1 fully saturated rings. The Morgan fingerprint density at radius 3 is 2.89 bits per heavy atom. The van der Waals surface area contributed by atoms with Gasteiger partial charge in [-0.25, -0.2) is 4.98 Å². The molecule has 1 saturated carbocycles. The van der Waals surface area contributed by atoms with E-state index >= 15 is 0 Å². The van der Waals surface area contributed by atoms with Gasteiger partial charge in [0.05, 0.1) is 18.6 Å². The molecule has 18 heavy (non-hydrogen) atoms. The Kier molecular flexibility index (Phi) is 4.02. The molecule has 0 radical (unpaired) electrons. The van der Waals surface area contributed by atoms with Crippen LogP contribution in [0.5, 0.6) is 0 Å². The van der Waals surface area contributed by atoms with Gasteiger partial charge >= 0.3 is 5.97 Å². The molecule has 0 spiro atoms. The molecule has 1 aliphatic rings. The zero-order valence-electron chi connectivity index (χ0n) is 10.1. The molecule has 4 nitrogen and oxygen atoms in total. The number of hydrogen-bond acceptors (Lipinski definition) is 5. The topological polar surface area (TPSA) is 65.2 Å². The van der Waals surface area contributed by atoms with Gasteiger partial charge in [0.2, 0.25) is 0 Å². The van der Waals surface area contributed by atoms with Crippen molar-refractivity contribution in [2.75, 3.05) is 18.6 Å². The van der Waals surface area contributed by atoms with Crippen molar-refractivity contribution in [1.29, 1.82) is 0 Å². The average Bonchev–Trinajstić information content (AvgIpc) is 3.05. The summed E-state index contributed by atoms with van der Waals surface area (Å²) in [5.41, 5.74) is 6.39. The zero-order chi connectivity index (χ0) is 13.2. The molecular formula is C12H15ClN2O2S. The maximum atomic E-state index is 11.3. The van der Waals surface area contributed by atoms with E-state index in [1.807, 2.05) is 0 Å². The van der Waals surface area contributed by atoms with Crippen LogP contribution in [0.15, 0.2) is 17.2 Å². The number of rotatable bonds is 5. The van der Waals surface area contributed by atoms with Gasteiger partial charge in [0.15, 0.2) is 0 Å². The van der Waals surface area contributed by atoms with Crippen LogP contribution in [0, 0.1) is 5.41 Å². The van der Waals surface area contributed by atoms with Crippen LogP contribution < -0.4 is 5.73 Å². The van der Waals surface area contributed by atoms with Crippen molar-refractivity contribution in [2.45, 2.75) is 24.3 Å². The molecule has 2 rings (SSSR count). The number of methoxy groups -OCH3 is 1. The number of nitrogens with two attached hydrogens (primary N) is 1. The van der Waals surface area contributed by atoms with Gasteiger partial charge < -0.3 is 10.5 Å². The maximum Gasteiger partial charge on any atom is 0.306 e. The molecule has 98 valence electrons. The Morgan fingerprint density at radius 1 is 1.61 bits per heavy atom. The number of aromatic nitrogens is 1. The second-order valence-electron chi connectivity index (χ2n) is 4.60. The summed E-state index contributed by atoms with van der Waals surface area (Å²) in [4.78, 5) is 15.5. The second kappa shape index (κ2) is 5.36. The highest BCUT2D eigenvalue weighted by atomic mass is 35.5. The minimum Gasteiger partial charge on any atom is -0.469 e. The number of nitrogens with zero attached hydrogens (tertiary/aromatic N) is 1. The molecule has 0 atom stereocenters. The maximum absolute atomic E-state index is 11.3. The van der Waals surface area contributed by atoms with Crippen molar-refractivity contribution in [3.8, 4) is 0 Å². The van der Waals surface area contributed by atoms with Gasteiger partial charge in [-0.1, -0.05) is 11.6 Å². The molecular weight excluding hydrogens is 272 g/mol. The summed E-state index contributed by atoms with van der Waals surface area (Å²) in [5.74, 6) is 0.696. The lowest BCUT2D eigenvalue weighted by atomic mass is 10.1. The van der Waals surface area contributed by atoms with Gasteiger partial charge in [-0.15, -0.1) is 11.8 Å². The molecule has 0 aliphatic heterocycles. The van der Waals surface area contributed by atoms with Gasteiger partial charge in [0.1, 0.15) is 5.15 Å². The number of hydrogen-bond donors (Lipinski definition) is 1. The lowest BCUT2D eigenvalue weighted by molar-refractivity contribution is -0.141. The molecule has 2 N–H and O–H groups in total. The fourth-order valence-electron chi connectivity index (χ4n) is 1.72. The third kappa shape index (κ3) is 3.53. The predicted molar refractivity (Wildman–Crippen MR) is 72.7 cm³/mol. The van der Waals surface area contributed by atoms with Crippen LogP contribution in [0.1, 0.15) is 19.3 Å². The number of thioether (sulfide) groups is 1. The van der Waals surface area contributed by atoms with E-state index < -0.39 is 0 Å². The largest absolute Gasteiger partial charge is 0.469 e. The fraction of sp³-hybridized carbons (Fsp3) is 0.500. The predicted octanol–water partition coefficient (Wildman–Crippen LogP) is 2.75. The standard InChI is InChI=1S/C12H15ClN2O2S/c1-17-11(16)6-12(2-3-12)7-18-10-5-8(14)4-9(13)15-10/h4-5H,2-3,6-7H2,1H3,(H2,14,15). The summed E-state index contributed by atoms with van der Waals surface area (Å²) >= 11 is 7.43. The molecule has 1 heterocycles. The van der Waals surface area contributed by atoms with Crippen LogP contribution in [-0.2, 0) is 9.53 Å². The SMILES string of the molecule is COC(=O)CC1(CSc2cc(N)cc(Cl)n2)CC1. The van der Waals surface area contributed by atoms with E-state index in [4.69, 9.17) is 22.1 Å². The van der Waals surface area contributed by atoms with Crippen molar-refractivity contribution >= 4 is 35.0 Å². The second-order valence-corrected chi connectivity index (χ2v) is 5.99. The lowest BCUT2D eigenvalue weighted by Gasteiger charge is -2.12. The molecule has 0 saturated heterocycles.